The Hall–Kier alpha value is -1.98. The number of benzene rings is 1. The molecular formula is C13H14F2O4. The fourth-order valence-corrected chi connectivity index (χ4v) is 1.40. The standard InChI is InChI=1S/C13H14F2O4/c1-3-9(12(16)18-4-2)13(17)19-8-5-6-10(14)11(15)7-8/h5-7,9H,3-4H2,1-2H3. The van der Waals surface area contributed by atoms with Gasteiger partial charge in [0.05, 0.1) is 6.61 Å². The zero-order valence-corrected chi connectivity index (χ0v) is 10.6. The van der Waals surface area contributed by atoms with E-state index in [1.54, 1.807) is 13.8 Å². The van der Waals surface area contributed by atoms with Gasteiger partial charge >= 0.3 is 11.9 Å². The summed E-state index contributed by atoms with van der Waals surface area (Å²) in [4.78, 5) is 23.2. The van der Waals surface area contributed by atoms with Crippen molar-refractivity contribution in [1.29, 1.82) is 0 Å². The van der Waals surface area contributed by atoms with E-state index < -0.39 is 29.5 Å². The van der Waals surface area contributed by atoms with E-state index in [1.165, 1.54) is 0 Å². The minimum absolute atomic E-state index is 0.147. The van der Waals surface area contributed by atoms with E-state index in [2.05, 4.69) is 0 Å². The second-order valence-corrected chi connectivity index (χ2v) is 3.71. The molecule has 0 aliphatic heterocycles. The summed E-state index contributed by atoms with van der Waals surface area (Å²) in [6.45, 7) is 3.38. The molecule has 1 atom stereocenters. The second kappa shape index (κ2) is 6.82. The molecule has 0 fully saturated rings. The van der Waals surface area contributed by atoms with Gasteiger partial charge in [0, 0.05) is 6.07 Å². The van der Waals surface area contributed by atoms with Gasteiger partial charge in [0.25, 0.3) is 0 Å². The predicted octanol–water partition coefficient (Wildman–Crippen LogP) is 2.46. The molecule has 0 bridgehead atoms. The Morgan fingerprint density at radius 3 is 2.37 bits per heavy atom. The van der Waals surface area contributed by atoms with Gasteiger partial charge in [0.1, 0.15) is 5.75 Å². The highest BCUT2D eigenvalue weighted by molar-refractivity contribution is 5.95. The smallest absolute Gasteiger partial charge is 0.325 e. The van der Waals surface area contributed by atoms with Gasteiger partial charge in [0.15, 0.2) is 17.6 Å². The number of carbonyl (C=O) groups excluding carboxylic acids is 2. The average molecular weight is 272 g/mol. The van der Waals surface area contributed by atoms with Crippen molar-refractivity contribution in [1.82, 2.24) is 0 Å². The zero-order chi connectivity index (χ0) is 14.4. The van der Waals surface area contributed by atoms with Gasteiger partial charge in [0.2, 0.25) is 0 Å². The summed E-state index contributed by atoms with van der Waals surface area (Å²) in [5, 5.41) is 0. The highest BCUT2D eigenvalue weighted by Crippen LogP contribution is 2.18. The maximum atomic E-state index is 12.9. The Morgan fingerprint density at radius 2 is 1.84 bits per heavy atom. The molecule has 0 heterocycles. The molecule has 0 aromatic heterocycles. The van der Waals surface area contributed by atoms with Crippen LogP contribution >= 0.6 is 0 Å². The van der Waals surface area contributed by atoms with Crippen LogP contribution in [0, 0.1) is 17.6 Å². The number of carbonyl (C=O) groups is 2. The molecule has 0 spiro atoms. The molecule has 19 heavy (non-hydrogen) atoms. The maximum Gasteiger partial charge on any atom is 0.325 e. The molecule has 0 N–H and O–H groups in total. The molecule has 4 nitrogen and oxygen atoms in total. The van der Waals surface area contributed by atoms with Gasteiger partial charge in [-0.15, -0.1) is 0 Å². The Kier molecular flexibility index (Phi) is 5.41. The second-order valence-electron chi connectivity index (χ2n) is 3.71. The Balaban J connectivity index is 2.76. The van der Waals surface area contributed by atoms with Crippen molar-refractivity contribution < 1.29 is 27.8 Å². The van der Waals surface area contributed by atoms with Crippen molar-refractivity contribution >= 4 is 11.9 Å². The van der Waals surface area contributed by atoms with E-state index in [-0.39, 0.29) is 18.8 Å². The lowest BCUT2D eigenvalue weighted by molar-refractivity contribution is -0.157. The van der Waals surface area contributed by atoms with Crippen LogP contribution < -0.4 is 4.74 Å². The first-order valence-corrected chi connectivity index (χ1v) is 5.83. The van der Waals surface area contributed by atoms with E-state index in [4.69, 9.17) is 9.47 Å². The number of rotatable bonds is 5. The van der Waals surface area contributed by atoms with Crippen molar-refractivity contribution in [2.45, 2.75) is 20.3 Å². The van der Waals surface area contributed by atoms with Crippen molar-refractivity contribution in [2.24, 2.45) is 5.92 Å². The van der Waals surface area contributed by atoms with E-state index >= 15 is 0 Å². The van der Waals surface area contributed by atoms with Gasteiger partial charge in [-0.25, -0.2) is 8.78 Å². The summed E-state index contributed by atoms with van der Waals surface area (Å²) in [7, 11) is 0. The minimum atomic E-state index is -1.13. The van der Waals surface area contributed by atoms with Crippen LogP contribution in [-0.4, -0.2) is 18.5 Å². The Morgan fingerprint density at radius 1 is 1.16 bits per heavy atom. The lowest BCUT2D eigenvalue weighted by Crippen LogP contribution is -2.29. The lowest BCUT2D eigenvalue weighted by atomic mass is 10.1. The van der Waals surface area contributed by atoms with E-state index in [0.717, 1.165) is 18.2 Å². The molecule has 0 aliphatic carbocycles. The van der Waals surface area contributed by atoms with Gasteiger partial charge in [-0.2, -0.15) is 0 Å². The lowest BCUT2D eigenvalue weighted by Gasteiger charge is -2.12. The van der Waals surface area contributed by atoms with Crippen LogP contribution in [0.5, 0.6) is 5.75 Å². The number of hydrogen-bond donors (Lipinski definition) is 0. The molecule has 1 unspecified atom stereocenters. The molecule has 0 saturated carbocycles. The number of ether oxygens (including phenoxy) is 2. The summed E-state index contributed by atoms with van der Waals surface area (Å²) < 4.78 is 35.2. The first-order chi connectivity index (χ1) is 8.99. The van der Waals surface area contributed by atoms with Gasteiger partial charge < -0.3 is 9.47 Å². The van der Waals surface area contributed by atoms with Gasteiger partial charge in [-0.05, 0) is 25.5 Å². The highest BCUT2D eigenvalue weighted by Gasteiger charge is 2.28. The van der Waals surface area contributed by atoms with Crippen molar-refractivity contribution in [3.8, 4) is 5.75 Å². The first-order valence-electron chi connectivity index (χ1n) is 5.83. The number of esters is 2. The third kappa shape index (κ3) is 4.01. The van der Waals surface area contributed by atoms with E-state index in [1.807, 2.05) is 0 Å². The fraction of sp³-hybridized carbons (Fsp3) is 0.385. The molecule has 0 saturated heterocycles. The molecule has 0 aliphatic rings. The van der Waals surface area contributed by atoms with Gasteiger partial charge in [-0.3, -0.25) is 9.59 Å². The van der Waals surface area contributed by atoms with Crippen LogP contribution in [0.25, 0.3) is 0 Å². The van der Waals surface area contributed by atoms with Crippen molar-refractivity contribution in [2.75, 3.05) is 6.61 Å². The number of halogens is 2. The molecular weight excluding hydrogens is 258 g/mol. The molecule has 0 amide bonds. The Labute approximate surface area is 109 Å². The monoisotopic (exact) mass is 272 g/mol. The van der Waals surface area contributed by atoms with Crippen LogP contribution in [-0.2, 0) is 14.3 Å². The third-order valence-corrected chi connectivity index (χ3v) is 2.37. The van der Waals surface area contributed by atoms with Crippen molar-refractivity contribution in [3.05, 3.63) is 29.8 Å². The molecule has 1 aromatic carbocycles. The zero-order valence-electron chi connectivity index (χ0n) is 10.6. The molecule has 1 rings (SSSR count). The Bertz CT molecular complexity index is 474. The average Bonchev–Trinajstić information content (AvgIpc) is 2.35. The number of hydrogen-bond acceptors (Lipinski definition) is 4. The van der Waals surface area contributed by atoms with E-state index in [9.17, 15) is 18.4 Å². The fourth-order valence-electron chi connectivity index (χ4n) is 1.40. The molecule has 6 heteroatoms. The van der Waals surface area contributed by atoms with Crippen molar-refractivity contribution in [3.63, 3.8) is 0 Å². The normalized spacial score (nSPS) is 11.8. The summed E-state index contributed by atoms with van der Waals surface area (Å²) in [5.74, 6) is -4.96. The molecule has 104 valence electrons. The van der Waals surface area contributed by atoms with Crippen LogP contribution in [0.3, 0.4) is 0 Å². The van der Waals surface area contributed by atoms with Crippen LogP contribution in [0.1, 0.15) is 20.3 Å². The largest absolute Gasteiger partial charge is 0.465 e. The van der Waals surface area contributed by atoms with Crippen LogP contribution in [0.15, 0.2) is 18.2 Å². The quantitative estimate of drug-likeness (QED) is 0.469. The van der Waals surface area contributed by atoms with E-state index in [0.29, 0.717) is 0 Å². The summed E-state index contributed by atoms with van der Waals surface area (Å²) >= 11 is 0. The predicted molar refractivity (Wildman–Crippen MR) is 62.4 cm³/mol. The molecule has 0 radical (unpaired) electrons. The van der Waals surface area contributed by atoms with Crippen LogP contribution in [0.4, 0.5) is 8.78 Å². The third-order valence-electron chi connectivity index (χ3n) is 2.37. The molecule has 1 aromatic rings. The summed E-state index contributed by atoms with van der Waals surface area (Å²) in [5.41, 5.74) is 0. The maximum absolute atomic E-state index is 12.9. The first kappa shape index (κ1) is 15.1. The summed E-state index contributed by atoms with van der Waals surface area (Å²) in [6, 6.07) is 2.68. The van der Waals surface area contributed by atoms with Crippen LogP contribution in [0.2, 0.25) is 0 Å². The highest BCUT2D eigenvalue weighted by atomic mass is 19.2. The summed E-state index contributed by atoms with van der Waals surface area (Å²) in [6.07, 6.45) is 0.196. The minimum Gasteiger partial charge on any atom is -0.465 e. The topological polar surface area (TPSA) is 52.6 Å². The van der Waals surface area contributed by atoms with Gasteiger partial charge in [-0.1, -0.05) is 6.92 Å². The SMILES string of the molecule is CCOC(=O)C(CC)C(=O)Oc1ccc(F)c(F)c1.